The third-order valence-corrected chi connectivity index (χ3v) is 15.2. The van der Waals surface area contributed by atoms with Crippen molar-refractivity contribution >= 4 is 64.5 Å². The maximum Gasteiger partial charge on any atom is 0.408 e. The lowest BCUT2D eigenvalue weighted by Crippen LogP contribution is -2.57. The molecule has 20 heteroatoms. The van der Waals surface area contributed by atoms with Crippen LogP contribution in [0.1, 0.15) is 126 Å². The average Bonchev–Trinajstić information content (AvgIpc) is 4.23. The number of alkyl carbamates (subject to hydrolysis) is 1. The fraction of sp³-hybridized carbons (Fsp3) is 0.500. The molecule has 1 saturated heterocycles. The Balaban J connectivity index is 0.876. The van der Waals surface area contributed by atoms with Crippen molar-refractivity contribution in [2.45, 2.75) is 174 Å². The van der Waals surface area contributed by atoms with Gasteiger partial charge in [-0.05, 0) is 105 Å². The molecule has 7 rings (SSSR count). The molecular formula is C58H75N9O10S. The summed E-state index contributed by atoms with van der Waals surface area (Å²) in [5.41, 5.74) is 12.7. The van der Waals surface area contributed by atoms with Gasteiger partial charge in [0.25, 0.3) is 0 Å². The monoisotopic (exact) mass is 1090 g/mol. The van der Waals surface area contributed by atoms with Gasteiger partial charge in [-0.25, -0.2) is 9.78 Å². The molecule has 1 aromatic heterocycles. The quantitative estimate of drug-likeness (QED) is 0.0534. The van der Waals surface area contributed by atoms with Crippen LogP contribution in [0.25, 0.3) is 10.4 Å². The van der Waals surface area contributed by atoms with Crippen LogP contribution in [-0.4, -0.2) is 111 Å². The van der Waals surface area contributed by atoms with Crippen molar-refractivity contribution in [1.29, 1.82) is 0 Å². The zero-order valence-corrected chi connectivity index (χ0v) is 46.6. The predicted molar refractivity (Wildman–Crippen MR) is 295 cm³/mol. The van der Waals surface area contributed by atoms with Gasteiger partial charge in [0.2, 0.25) is 41.4 Å². The van der Waals surface area contributed by atoms with Crippen molar-refractivity contribution in [3.05, 3.63) is 106 Å². The molecule has 0 unspecified atom stereocenters. The number of hydrogen-bond donors (Lipinski definition) is 7. The lowest BCUT2D eigenvalue weighted by molar-refractivity contribution is -0.144. The molecule has 0 aliphatic carbocycles. The second-order valence-electron chi connectivity index (χ2n) is 22.7. The third kappa shape index (κ3) is 15.3. The van der Waals surface area contributed by atoms with Gasteiger partial charge in [0, 0.05) is 45.3 Å². The second-order valence-corrected chi connectivity index (χ2v) is 23.6. The number of carbonyl (C=O) groups excluding carboxylic acids is 8. The van der Waals surface area contributed by atoms with E-state index in [1.54, 1.807) is 37.6 Å². The third-order valence-electron chi connectivity index (χ3n) is 14.3. The Bertz CT molecular complexity index is 2860. The van der Waals surface area contributed by atoms with E-state index in [0.29, 0.717) is 24.9 Å². The lowest BCUT2D eigenvalue weighted by Gasteiger charge is -2.35. The Labute approximate surface area is 460 Å². The lowest BCUT2D eigenvalue weighted by atomic mass is 9.85. The molecule has 3 aliphatic rings. The number of para-hydroxylation sites is 1. The molecule has 3 aliphatic heterocycles. The molecule has 4 aromatic rings. The van der Waals surface area contributed by atoms with Gasteiger partial charge < -0.3 is 47.1 Å². The number of amides is 8. The predicted octanol–water partition coefficient (Wildman–Crippen LogP) is 5.19. The number of likely N-dealkylation sites (tertiary alicyclic amines) is 1. The number of aliphatic hydroxyl groups is 1. The number of hydrogen-bond acceptors (Lipinski definition) is 12. The van der Waals surface area contributed by atoms with Crippen LogP contribution in [0.3, 0.4) is 0 Å². The SMILES string of the molecule is Cc1ncsc1-c1ccc(CNC(=O)[C@@H]2C[C@@H](O)CN2C(=O)[C@@H](NC(=O)CCCCCc2cccc(CNC(=O)[C@H](CCC(N)=O)NC(=O)[C@@H]3Cc4cccc5c4N3C(=O)[C@@H](NC(=O)OC(C)(C)C)CC5)c2)C(C)(C)C)cc1. The molecule has 0 radical (unpaired) electrons. The Hall–Kier alpha value is -7.19. The highest BCUT2D eigenvalue weighted by molar-refractivity contribution is 7.13. The molecule has 8 amide bonds. The minimum atomic E-state index is -1.15. The van der Waals surface area contributed by atoms with Gasteiger partial charge in [0.15, 0.2) is 0 Å². The van der Waals surface area contributed by atoms with Crippen molar-refractivity contribution in [1.82, 2.24) is 36.5 Å². The largest absolute Gasteiger partial charge is 0.444 e. The number of β-amino-alcohol motifs (C(OH)–C–C–N with tert-alkyl or cyclic N) is 1. The van der Waals surface area contributed by atoms with Crippen LogP contribution in [-0.2, 0) is 70.7 Å². The molecule has 19 nitrogen and oxygen atoms in total. The number of nitrogens with one attached hydrogen (secondary N) is 5. The van der Waals surface area contributed by atoms with Crippen molar-refractivity contribution in [3.63, 3.8) is 0 Å². The zero-order chi connectivity index (χ0) is 56.5. The number of aromatic nitrogens is 1. The van der Waals surface area contributed by atoms with E-state index in [0.717, 1.165) is 56.8 Å². The summed E-state index contributed by atoms with van der Waals surface area (Å²) in [7, 11) is 0. The molecule has 3 aromatic carbocycles. The highest BCUT2D eigenvalue weighted by Gasteiger charge is 2.46. The van der Waals surface area contributed by atoms with Gasteiger partial charge in [0.05, 0.1) is 27.9 Å². The summed E-state index contributed by atoms with van der Waals surface area (Å²) in [5.74, 6) is -3.34. The summed E-state index contributed by atoms with van der Waals surface area (Å²) in [6.07, 6.45) is 2.05. The average molecular weight is 1090 g/mol. The summed E-state index contributed by atoms with van der Waals surface area (Å²) < 4.78 is 5.43. The fourth-order valence-electron chi connectivity index (χ4n) is 10.3. The Kier molecular flexibility index (Phi) is 19.1. The van der Waals surface area contributed by atoms with Crippen molar-refractivity contribution in [3.8, 4) is 10.4 Å². The highest BCUT2D eigenvalue weighted by Crippen LogP contribution is 2.39. The van der Waals surface area contributed by atoms with E-state index in [9.17, 15) is 43.5 Å². The number of anilines is 1. The van der Waals surface area contributed by atoms with Crippen LogP contribution in [0.4, 0.5) is 10.5 Å². The first-order valence-corrected chi connectivity index (χ1v) is 27.8. The second kappa shape index (κ2) is 25.5. The normalized spacial score (nSPS) is 18.7. The number of unbranched alkanes of at least 4 members (excludes halogenated alkanes) is 2. The molecule has 1 fully saturated rings. The van der Waals surface area contributed by atoms with Crippen LogP contribution in [0, 0.1) is 12.3 Å². The van der Waals surface area contributed by atoms with E-state index in [1.165, 1.54) is 9.80 Å². The standard InChI is InChI=1S/C58H75N9O10S/c1-34-49(78-33-62-34)39-21-19-36(20-22-39)30-61-52(72)44-29-41(68)32-66(44)55(75)50(57(2,3)4)65-47(70)18-10-8-9-13-35-14-11-15-37(27-35)31-60-51(71)42(25-26-46(59)69)63-53(73)45-28-40-17-12-16-38-23-24-43(54(74)67(45)48(38)40)64-56(76)77-58(5,6)7/h11-12,14-17,19-22,27,33,41-45,50,68H,8-10,13,18,23-26,28-32H2,1-7H3,(H2,59,69)(H,60,71)(H,61,72)(H,63,73)(H,64,76)(H,65,70)/t41-,42+,43+,44+,45+,50-/m1/s1. The minimum Gasteiger partial charge on any atom is -0.444 e. The van der Waals surface area contributed by atoms with E-state index < -0.39 is 83.0 Å². The van der Waals surface area contributed by atoms with Gasteiger partial charge >= 0.3 is 6.09 Å². The summed E-state index contributed by atoms with van der Waals surface area (Å²) in [4.78, 5) is 116. The van der Waals surface area contributed by atoms with E-state index >= 15 is 0 Å². The molecule has 0 spiro atoms. The van der Waals surface area contributed by atoms with Crippen LogP contribution in [0.5, 0.6) is 0 Å². The summed E-state index contributed by atoms with van der Waals surface area (Å²) in [6.45, 7) is 13.0. The van der Waals surface area contributed by atoms with Gasteiger partial charge in [-0.2, -0.15) is 0 Å². The van der Waals surface area contributed by atoms with Crippen LogP contribution < -0.4 is 37.2 Å². The zero-order valence-electron chi connectivity index (χ0n) is 45.7. The number of primary amides is 1. The smallest absolute Gasteiger partial charge is 0.408 e. The molecule has 8 N–H and O–H groups in total. The number of carbonyl (C=O) groups is 8. The number of aryl methyl sites for hydroxylation is 3. The number of benzene rings is 3. The number of nitrogens with two attached hydrogens (primary N) is 1. The number of rotatable bonds is 21. The maximum atomic E-state index is 14.2. The Morgan fingerprint density at radius 1 is 0.833 bits per heavy atom. The molecule has 418 valence electrons. The summed E-state index contributed by atoms with van der Waals surface area (Å²) >= 11 is 1.56. The van der Waals surface area contributed by atoms with E-state index in [2.05, 4.69) is 31.6 Å². The van der Waals surface area contributed by atoms with Crippen molar-refractivity contribution in [2.24, 2.45) is 11.1 Å². The molecular weight excluding hydrogens is 1010 g/mol. The molecule has 78 heavy (non-hydrogen) atoms. The minimum absolute atomic E-state index is 0.0217. The van der Waals surface area contributed by atoms with Crippen LogP contribution in [0.15, 0.2) is 72.2 Å². The van der Waals surface area contributed by atoms with Gasteiger partial charge in [-0.3, -0.25) is 38.5 Å². The van der Waals surface area contributed by atoms with Crippen LogP contribution >= 0.6 is 11.3 Å². The summed E-state index contributed by atoms with van der Waals surface area (Å²) in [6, 6.07) is 16.2. The topological polar surface area (TPSA) is 272 Å². The Morgan fingerprint density at radius 2 is 1.54 bits per heavy atom. The number of ether oxygens (including phenoxy) is 1. The van der Waals surface area contributed by atoms with E-state index in [-0.39, 0.29) is 70.0 Å². The first kappa shape index (κ1) is 58.5. The highest BCUT2D eigenvalue weighted by atomic mass is 32.1. The van der Waals surface area contributed by atoms with Crippen LogP contribution in [0.2, 0.25) is 0 Å². The summed E-state index contributed by atoms with van der Waals surface area (Å²) in [5, 5.41) is 24.9. The number of thiazole rings is 1. The molecule has 4 heterocycles. The molecule has 6 atom stereocenters. The van der Waals surface area contributed by atoms with Crippen molar-refractivity contribution < 1.29 is 48.2 Å². The number of aliphatic hydroxyl groups excluding tert-OH is 1. The van der Waals surface area contributed by atoms with E-state index in [4.69, 9.17) is 10.5 Å². The number of nitrogens with zero attached hydrogens (tertiary/aromatic N) is 3. The first-order chi connectivity index (χ1) is 36.9. The molecule has 0 saturated carbocycles. The fourth-order valence-corrected chi connectivity index (χ4v) is 11.1. The maximum absolute atomic E-state index is 14.2. The van der Waals surface area contributed by atoms with Crippen molar-refractivity contribution in [2.75, 3.05) is 11.4 Å². The first-order valence-electron chi connectivity index (χ1n) is 26.9. The van der Waals surface area contributed by atoms with Gasteiger partial charge in [-0.1, -0.05) is 93.9 Å². The van der Waals surface area contributed by atoms with E-state index in [1.807, 2.05) is 94.4 Å². The van der Waals surface area contributed by atoms with Gasteiger partial charge in [0.1, 0.15) is 35.8 Å². The molecule has 0 bridgehead atoms. The Morgan fingerprint density at radius 3 is 2.23 bits per heavy atom. The van der Waals surface area contributed by atoms with Gasteiger partial charge in [-0.15, -0.1) is 11.3 Å².